The zero-order chi connectivity index (χ0) is 21.3. The number of nitriles is 1. The van der Waals surface area contributed by atoms with Gasteiger partial charge in [-0.3, -0.25) is 0 Å². The Morgan fingerprint density at radius 2 is 1.57 bits per heavy atom. The number of aromatic nitrogens is 4. The van der Waals surface area contributed by atoms with Crippen molar-refractivity contribution in [2.45, 2.75) is 32.6 Å². The largest absolute Gasteiger partial charge is 0.319 e. The highest BCUT2D eigenvalue weighted by atomic mass is 32.1. The Bertz CT molecular complexity index is 1190. The zero-order valence-corrected chi connectivity index (χ0v) is 18.1. The van der Waals surface area contributed by atoms with Gasteiger partial charge in [-0.05, 0) is 74.9 Å². The van der Waals surface area contributed by atoms with E-state index in [0.717, 1.165) is 35.0 Å². The van der Waals surface area contributed by atoms with Crippen molar-refractivity contribution in [2.24, 2.45) is 0 Å². The van der Waals surface area contributed by atoms with Gasteiger partial charge in [0.2, 0.25) is 0 Å². The van der Waals surface area contributed by atoms with Crippen LogP contribution in [0.1, 0.15) is 40.5 Å². The second-order valence-electron chi connectivity index (χ2n) is 7.26. The molecule has 2 aromatic heterocycles. The molecule has 0 radical (unpaired) electrons. The van der Waals surface area contributed by atoms with Crippen LogP contribution < -0.4 is 0 Å². The van der Waals surface area contributed by atoms with Crippen molar-refractivity contribution in [1.29, 1.82) is 5.26 Å². The number of hydrogen-bond donors (Lipinski definition) is 1. The van der Waals surface area contributed by atoms with Crippen LogP contribution in [0.2, 0.25) is 0 Å². The highest BCUT2D eigenvalue weighted by molar-refractivity contribution is 7.80. The van der Waals surface area contributed by atoms with Gasteiger partial charge in [-0.2, -0.15) is 17.9 Å². The van der Waals surface area contributed by atoms with Crippen LogP contribution in [0.3, 0.4) is 0 Å². The van der Waals surface area contributed by atoms with Gasteiger partial charge < -0.3 is 9.13 Å². The van der Waals surface area contributed by atoms with E-state index < -0.39 is 0 Å². The molecule has 0 aliphatic rings. The molecule has 4 rings (SSSR count). The van der Waals surface area contributed by atoms with E-state index in [1.165, 1.54) is 11.4 Å². The number of benzene rings is 2. The van der Waals surface area contributed by atoms with Crippen molar-refractivity contribution in [1.82, 2.24) is 19.3 Å². The van der Waals surface area contributed by atoms with Crippen molar-refractivity contribution in [3.05, 3.63) is 89.0 Å². The molecule has 5 nitrogen and oxygen atoms in total. The third kappa shape index (κ3) is 3.53. The quantitative estimate of drug-likeness (QED) is 0.454. The van der Waals surface area contributed by atoms with Gasteiger partial charge in [-0.25, -0.2) is 0 Å². The van der Waals surface area contributed by atoms with Crippen molar-refractivity contribution in [3.8, 4) is 23.1 Å². The zero-order valence-electron chi connectivity index (χ0n) is 17.2. The molecule has 0 fully saturated rings. The molecule has 0 aliphatic carbocycles. The van der Waals surface area contributed by atoms with Crippen molar-refractivity contribution >= 4 is 12.6 Å². The minimum Gasteiger partial charge on any atom is -0.319 e. The van der Waals surface area contributed by atoms with Crippen molar-refractivity contribution < 1.29 is 0 Å². The summed E-state index contributed by atoms with van der Waals surface area (Å²) in [7, 11) is 0. The summed E-state index contributed by atoms with van der Waals surface area (Å²) in [5.74, 6) is 1.62. The highest BCUT2D eigenvalue weighted by Crippen LogP contribution is 2.30. The maximum absolute atomic E-state index is 9.01. The van der Waals surface area contributed by atoms with Crippen molar-refractivity contribution in [3.63, 3.8) is 0 Å². The van der Waals surface area contributed by atoms with E-state index in [0.29, 0.717) is 5.56 Å². The molecule has 0 saturated carbocycles. The number of aryl methyl sites for hydroxylation is 2. The predicted octanol–water partition coefficient (Wildman–Crippen LogP) is 5.26. The Labute approximate surface area is 182 Å². The standard InChI is InChI=1S/C24H23N5S/c1-4-28-23(20-11-13-21(14-12-20)29-16(2)5-6-17(29)3)26-27-24(28)22(30)19-9-7-18(15-25)8-10-19/h5-14,22,30H,4H2,1-3H3. The Morgan fingerprint density at radius 1 is 0.933 bits per heavy atom. The average molecular weight is 414 g/mol. The lowest BCUT2D eigenvalue weighted by Gasteiger charge is -2.14. The summed E-state index contributed by atoms with van der Waals surface area (Å²) in [5.41, 5.74) is 6.18. The molecule has 0 N–H and O–H groups in total. The molecule has 150 valence electrons. The maximum atomic E-state index is 9.01. The smallest absolute Gasteiger partial charge is 0.163 e. The van der Waals surface area contributed by atoms with E-state index in [-0.39, 0.29) is 5.25 Å². The maximum Gasteiger partial charge on any atom is 0.163 e. The average Bonchev–Trinajstić information content (AvgIpc) is 3.36. The molecule has 0 aliphatic heterocycles. The van der Waals surface area contributed by atoms with Crippen LogP contribution in [0, 0.1) is 25.2 Å². The molecule has 1 unspecified atom stereocenters. The lowest BCUT2D eigenvalue weighted by Crippen LogP contribution is -2.07. The lowest BCUT2D eigenvalue weighted by molar-refractivity contribution is 0.715. The molecule has 4 aromatic rings. The summed E-state index contributed by atoms with van der Waals surface area (Å²) >= 11 is 4.79. The van der Waals surface area contributed by atoms with E-state index in [1.54, 1.807) is 12.1 Å². The van der Waals surface area contributed by atoms with E-state index in [1.807, 2.05) is 12.1 Å². The van der Waals surface area contributed by atoms with Gasteiger partial charge in [0, 0.05) is 29.2 Å². The topological polar surface area (TPSA) is 59.4 Å². The molecular weight excluding hydrogens is 390 g/mol. The molecule has 0 amide bonds. The first kappa shape index (κ1) is 20.0. The van der Waals surface area contributed by atoms with Crippen LogP contribution >= 0.6 is 12.6 Å². The molecule has 2 heterocycles. The molecule has 0 spiro atoms. The second-order valence-corrected chi connectivity index (χ2v) is 7.78. The molecule has 2 aromatic carbocycles. The summed E-state index contributed by atoms with van der Waals surface area (Å²) < 4.78 is 4.32. The highest BCUT2D eigenvalue weighted by Gasteiger charge is 2.20. The molecule has 6 heteroatoms. The van der Waals surface area contributed by atoms with Gasteiger partial charge in [0.15, 0.2) is 11.6 Å². The van der Waals surface area contributed by atoms with Crippen LogP contribution in [0.25, 0.3) is 17.1 Å². The SMILES string of the molecule is CCn1c(-c2ccc(-n3c(C)ccc3C)cc2)nnc1C(S)c1ccc(C#N)cc1. The summed E-state index contributed by atoms with van der Waals surface area (Å²) in [5, 5.41) is 17.7. The van der Waals surface area contributed by atoms with Crippen LogP contribution in [-0.2, 0) is 6.54 Å². The minimum atomic E-state index is -0.219. The summed E-state index contributed by atoms with van der Waals surface area (Å²) in [4.78, 5) is 0. The number of nitrogens with zero attached hydrogens (tertiary/aromatic N) is 5. The monoisotopic (exact) mass is 413 g/mol. The third-order valence-electron chi connectivity index (χ3n) is 5.35. The van der Waals surface area contributed by atoms with Crippen molar-refractivity contribution in [2.75, 3.05) is 0 Å². The number of thiol groups is 1. The summed E-state index contributed by atoms with van der Waals surface area (Å²) in [6.07, 6.45) is 0. The first-order valence-corrected chi connectivity index (χ1v) is 10.4. The molecule has 30 heavy (non-hydrogen) atoms. The summed E-state index contributed by atoms with van der Waals surface area (Å²) in [6.45, 7) is 7.03. The van der Waals surface area contributed by atoms with Gasteiger partial charge in [-0.1, -0.05) is 12.1 Å². The lowest BCUT2D eigenvalue weighted by atomic mass is 10.1. The first-order chi connectivity index (χ1) is 14.5. The Morgan fingerprint density at radius 3 is 2.13 bits per heavy atom. The Kier molecular flexibility index (Phi) is 5.47. The number of hydrogen-bond acceptors (Lipinski definition) is 4. The third-order valence-corrected chi connectivity index (χ3v) is 5.88. The van der Waals surface area contributed by atoms with E-state index in [2.05, 4.69) is 82.6 Å². The van der Waals surface area contributed by atoms with Gasteiger partial charge in [-0.15, -0.1) is 10.2 Å². The van der Waals surface area contributed by atoms with Gasteiger partial charge in [0.1, 0.15) is 0 Å². The fourth-order valence-corrected chi connectivity index (χ4v) is 4.13. The Hall–Kier alpha value is -3.30. The fraction of sp³-hybridized carbons (Fsp3) is 0.208. The van der Waals surface area contributed by atoms with Crippen LogP contribution in [0.5, 0.6) is 0 Å². The molecule has 1 atom stereocenters. The van der Waals surface area contributed by atoms with E-state index in [9.17, 15) is 0 Å². The minimum absolute atomic E-state index is 0.219. The number of rotatable bonds is 5. The summed E-state index contributed by atoms with van der Waals surface area (Å²) in [6, 6.07) is 22.2. The van der Waals surface area contributed by atoms with Crippen LogP contribution in [-0.4, -0.2) is 19.3 Å². The Balaban J connectivity index is 1.67. The van der Waals surface area contributed by atoms with Gasteiger partial charge >= 0.3 is 0 Å². The van der Waals surface area contributed by atoms with Gasteiger partial charge in [0.25, 0.3) is 0 Å². The predicted molar refractivity (Wildman–Crippen MR) is 122 cm³/mol. The van der Waals surface area contributed by atoms with Gasteiger partial charge in [0.05, 0.1) is 16.9 Å². The normalized spacial score (nSPS) is 12.0. The van der Waals surface area contributed by atoms with E-state index >= 15 is 0 Å². The molecule has 0 saturated heterocycles. The molecule has 0 bridgehead atoms. The van der Waals surface area contributed by atoms with E-state index in [4.69, 9.17) is 17.9 Å². The fourth-order valence-electron chi connectivity index (χ4n) is 3.77. The van der Waals surface area contributed by atoms with Crippen LogP contribution in [0.4, 0.5) is 0 Å². The second kappa shape index (κ2) is 8.21. The molecular formula is C24H23N5S. The van der Waals surface area contributed by atoms with Crippen LogP contribution in [0.15, 0.2) is 60.7 Å². The first-order valence-electron chi connectivity index (χ1n) is 9.90.